The van der Waals surface area contributed by atoms with Crippen LogP contribution >= 0.6 is 0 Å². The highest BCUT2D eigenvalue weighted by Gasteiger charge is 2.32. The maximum absolute atomic E-state index is 11.1. The lowest BCUT2D eigenvalue weighted by atomic mass is 10.0. The molecule has 1 aliphatic heterocycles. The first-order valence-corrected chi connectivity index (χ1v) is 5.60. The number of carbonyl (C=O) groups excluding carboxylic acids is 1. The van der Waals surface area contributed by atoms with Gasteiger partial charge >= 0.3 is 0 Å². The fraction of sp³-hybridized carbons (Fsp3) is 0.909. The molecule has 4 nitrogen and oxygen atoms in total. The van der Waals surface area contributed by atoms with Gasteiger partial charge in [-0.05, 0) is 12.8 Å². The van der Waals surface area contributed by atoms with Gasteiger partial charge < -0.3 is 14.8 Å². The van der Waals surface area contributed by atoms with Crippen LogP contribution in [0.4, 0.5) is 0 Å². The molecular weight excluding hydrogens is 194 g/mol. The summed E-state index contributed by atoms with van der Waals surface area (Å²) in [5.74, 6) is 0.0139. The molecule has 0 aromatic heterocycles. The summed E-state index contributed by atoms with van der Waals surface area (Å²) in [7, 11) is 0. The van der Waals surface area contributed by atoms with Gasteiger partial charge in [-0.1, -0.05) is 13.8 Å². The van der Waals surface area contributed by atoms with Gasteiger partial charge in [-0.2, -0.15) is 0 Å². The van der Waals surface area contributed by atoms with Gasteiger partial charge in [0.05, 0.1) is 13.2 Å². The van der Waals surface area contributed by atoms with Crippen molar-refractivity contribution in [1.82, 2.24) is 5.32 Å². The van der Waals surface area contributed by atoms with Crippen molar-refractivity contribution in [2.75, 3.05) is 19.8 Å². The summed E-state index contributed by atoms with van der Waals surface area (Å²) in [6, 6.07) is 0. The fourth-order valence-corrected chi connectivity index (χ4v) is 1.79. The van der Waals surface area contributed by atoms with Crippen molar-refractivity contribution < 1.29 is 14.3 Å². The quantitative estimate of drug-likeness (QED) is 0.752. The lowest BCUT2D eigenvalue weighted by Crippen LogP contribution is -2.34. The smallest absolute Gasteiger partial charge is 0.219 e. The molecular formula is C11H21NO3. The second-order valence-corrected chi connectivity index (χ2v) is 4.30. The van der Waals surface area contributed by atoms with Crippen LogP contribution in [0.15, 0.2) is 0 Å². The van der Waals surface area contributed by atoms with Gasteiger partial charge in [0.25, 0.3) is 0 Å². The largest absolute Gasteiger partial charge is 0.356 e. The molecule has 15 heavy (non-hydrogen) atoms. The number of hydrogen-bond donors (Lipinski definition) is 1. The molecule has 0 bridgehead atoms. The Hall–Kier alpha value is -0.610. The molecule has 0 saturated carbocycles. The van der Waals surface area contributed by atoms with Crippen LogP contribution in [0.2, 0.25) is 0 Å². The molecule has 1 atom stereocenters. The van der Waals surface area contributed by atoms with E-state index in [1.807, 2.05) is 13.8 Å². The molecule has 4 heteroatoms. The van der Waals surface area contributed by atoms with E-state index in [1.54, 1.807) is 0 Å². The van der Waals surface area contributed by atoms with Crippen molar-refractivity contribution in [1.29, 1.82) is 0 Å². The van der Waals surface area contributed by atoms with Crippen molar-refractivity contribution in [3.8, 4) is 0 Å². The number of rotatable bonds is 5. The van der Waals surface area contributed by atoms with Gasteiger partial charge in [0, 0.05) is 19.4 Å². The summed E-state index contributed by atoms with van der Waals surface area (Å²) in [4.78, 5) is 11.1. The van der Waals surface area contributed by atoms with Gasteiger partial charge in [0.15, 0.2) is 5.79 Å². The molecule has 1 amide bonds. The standard InChI is InChI=1S/C11H21NO3/c1-4-10(13)12-8-9(2)7-11(3)14-5-6-15-11/h9H,4-8H2,1-3H3,(H,12,13)/t9-/m1/s1. The molecule has 1 saturated heterocycles. The van der Waals surface area contributed by atoms with Crippen LogP contribution in [0.25, 0.3) is 0 Å². The van der Waals surface area contributed by atoms with Gasteiger partial charge in [-0.3, -0.25) is 4.79 Å². The Bertz CT molecular complexity index is 212. The number of carbonyl (C=O) groups is 1. The van der Waals surface area contributed by atoms with E-state index in [0.717, 1.165) is 6.42 Å². The van der Waals surface area contributed by atoms with E-state index < -0.39 is 5.79 Å². The van der Waals surface area contributed by atoms with Crippen LogP contribution in [0, 0.1) is 5.92 Å². The third-order valence-electron chi connectivity index (χ3n) is 2.59. The number of ether oxygens (including phenoxy) is 2. The van der Waals surface area contributed by atoms with Crippen molar-refractivity contribution >= 4 is 5.91 Å². The predicted octanol–water partition coefficient (Wildman–Crippen LogP) is 1.30. The summed E-state index contributed by atoms with van der Waals surface area (Å²) in [6.45, 7) is 7.93. The molecule has 1 N–H and O–H groups in total. The molecule has 1 rings (SSSR count). The molecule has 0 unspecified atom stereocenters. The first-order valence-electron chi connectivity index (χ1n) is 5.60. The second-order valence-electron chi connectivity index (χ2n) is 4.30. The van der Waals surface area contributed by atoms with Crippen LogP contribution < -0.4 is 5.32 Å². The van der Waals surface area contributed by atoms with Crippen LogP contribution in [0.3, 0.4) is 0 Å². The lowest BCUT2D eigenvalue weighted by molar-refractivity contribution is -0.154. The SMILES string of the molecule is CCC(=O)NC[C@H](C)CC1(C)OCCO1. The highest BCUT2D eigenvalue weighted by Crippen LogP contribution is 2.26. The molecule has 0 aliphatic carbocycles. The topological polar surface area (TPSA) is 47.6 Å². The van der Waals surface area contributed by atoms with Crippen molar-refractivity contribution in [3.63, 3.8) is 0 Å². The molecule has 1 fully saturated rings. The number of amides is 1. The molecule has 1 heterocycles. The highest BCUT2D eigenvalue weighted by molar-refractivity contribution is 5.75. The molecule has 0 spiro atoms. The minimum atomic E-state index is -0.448. The van der Waals surface area contributed by atoms with Crippen molar-refractivity contribution in [2.24, 2.45) is 5.92 Å². The normalized spacial score (nSPS) is 21.3. The third-order valence-corrected chi connectivity index (χ3v) is 2.59. The predicted molar refractivity (Wildman–Crippen MR) is 57.4 cm³/mol. The average molecular weight is 215 g/mol. The molecule has 1 aliphatic rings. The summed E-state index contributed by atoms with van der Waals surface area (Å²) in [5, 5.41) is 2.87. The van der Waals surface area contributed by atoms with Gasteiger partial charge in [0.1, 0.15) is 0 Å². The minimum absolute atomic E-state index is 0.0975. The van der Waals surface area contributed by atoms with Gasteiger partial charge in [-0.15, -0.1) is 0 Å². The van der Waals surface area contributed by atoms with Gasteiger partial charge in [-0.25, -0.2) is 0 Å². The molecule has 88 valence electrons. The minimum Gasteiger partial charge on any atom is -0.356 e. The van der Waals surface area contributed by atoms with E-state index in [2.05, 4.69) is 12.2 Å². The Morgan fingerprint density at radius 1 is 1.47 bits per heavy atom. The highest BCUT2D eigenvalue weighted by atomic mass is 16.7. The van der Waals surface area contributed by atoms with E-state index in [0.29, 0.717) is 32.1 Å². The van der Waals surface area contributed by atoms with Crippen LogP contribution in [-0.2, 0) is 14.3 Å². The molecule has 0 aromatic rings. The van der Waals surface area contributed by atoms with E-state index in [4.69, 9.17) is 9.47 Å². The summed E-state index contributed by atoms with van der Waals surface area (Å²) >= 11 is 0. The zero-order valence-corrected chi connectivity index (χ0v) is 9.84. The fourth-order valence-electron chi connectivity index (χ4n) is 1.79. The van der Waals surface area contributed by atoms with Crippen LogP contribution in [0.5, 0.6) is 0 Å². The Morgan fingerprint density at radius 2 is 2.07 bits per heavy atom. The zero-order valence-electron chi connectivity index (χ0n) is 9.84. The number of nitrogens with one attached hydrogen (secondary N) is 1. The van der Waals surface area contributed by atoms with Crippen LogP contribution in [0.1, 0.15) is 33.6 Å². The lowest BCUT2D eigenvalue weighted by Gasteiger charge is -2.25. The third kappa shape index (κ3) is 4.18. The van der Waals surface area contributed by atoms with E-state index in [-0.39, 0.29) is 5.91 Å². The van der Waals surface area contributed by atoms with Gasteiger partial charge in [0.2, 0.25) is 5.91 Å². The van der Waals surface area contributed by atoms with E-state index >= 15 is 0 Å². The van der Waals surface area contributed by atoms with E-state index in [1.165, 1.54) is 0 Å². The second kappa shape index (κ2) is 5.47. The summed E-state index contributed by atoms with van der Waals surface area (Å²) in [5.41, 5.74) is 0. The first kappa shape index (κ1) is 12.5. The van der Waals surface area contributed by atoms with Crippen molar-refractivity contribution in [2.45, 2.75) is 39.4 Å². The Kier molecular flexibility index (Phi) is 4.54. The Morgan fingerprint density at radius 3 is 2.60 bits per heavy atom. The van der Waals surface area contributed by atoms with Crippen LogP contribution in [-0.4, -0.2) is 31.5 Å². The zero-order chi connectivity index (χ0) is 11.3. The molecule has 0 radical (unpaired) electrons. The van der Waals surface area contributed by atoms with E-state index in [9.17, 15) is 4.79 Å². The summed E-state index contributed by atoms with van der Waals surface area (Å²) < 4.78 is 11.0. The Labute approximate surface area is 91.3 Å². The molecule has 0 aromatic carbocycles. The average Bonchev–Trinajstić information content (AvgIpc) is 2.61. The first-order chi connectivity index (χ1) is 7.06. The maximum atomic E-state index is 11.1. The maximum Gasteiger partial charge on any atom is 0.219 e. The monoisotopic (exact) mass is 215 g/mol. The Balaban J connectivity index is 2.23. The summed E-state index contributed by atoms with van der Waals surface area (Å²) in [6.07, 6.45) is 1.36. The number of hydrogen-bond acceptors (Lipinski definition) is 3. The van der Waals surface area contributed by atoms with Crippen molar-refractivity contribution in [3.05, 3.63) is 0 Å².